The number of nitrogens with zero attached hydrogens (tertiary/aromatic N) is 2. The van der Waals surface area contributed by atoms with E-state index in [4.69, 9.17) is 4.74 Å². The first-order chi connectivity index (χ1) is 14.6. The first-order valence-corrected chi connectivity index (χ1v) is 9.07. The summed E-state index contributed by atoms with van der Waals surface area (Å²) in [6, 6.07) is 22.2. The van der Waals surface area contributed by atoms with Crippen molar-refractivity contribution in [2.75, 3.05) is 7.11 Å². The number of hydrogen-bond donors (Lipinski definition) is 1. The molecular weight excluding hydrogens is 382 g/mol. The molecule has 3 aromatic rings. The lowest BCUT2D eigenvalue weighted by molar-refractivity contribution is -0.384. The molecule has 0 bridgehead atoms. The van der Waals surface area contributed by atoms with Gasteiger partial charge in [0, 0.05) is 23.3 Å². The number of carbonyl (C=O) groups excluding carboxylic acids is 1. The van der Waals surface area contributed by atoms with Crippen LogP contribution in [0.4, 0.5) is 5.69 Å². The van der Waals surface area contributed by atoms with Gasteiger partial charge in [0.15, 0.2) is 0 Å². The first kappa shape index (κ1) is 20.5. The molecule has 7 heteroatoms. The first-order valence-electron chi connectivity index (χ1n) is 9.07. The molecule has 1 amide bonds. The maximum Gasteiger partial charge on any atom is 0.271 e. The topological polar surface area (TPSA) is 93.8 Å². The normalized spacial score (nSPS) is 11.3. The van der Waals surface area contributed by atoms with Crippen LogP contribution in [0.15, 0.2) is 90.0 Å². The molecule has 3 aromatic carbocycles. The number of nitro benzene ring substituents is 1. The van der Waals surface area contributed by atoms with Gasteiger partial charge in [0.05, 0.1) is 17.7 Å². The summed E-state index contributed by atoms with van der Waals surface area (Å²) in [5, 5.41) is 15.1. The molecule has 3 rings (SSSR count). The number of allylic oxidation sites excluding steroid dienone is 1. The van der Waals surface area contributed by atoms with Gasteiger partial charge in [-0.1, -0.05) is 36.4 Å². The van der Waals surface area contributed by atoms with Gasteiger partial charge in [0.1, 0.15) is 5.75 Å². The zero-order valence-electron chi connectivity index (χ0n) is 16.2. The highest BCUT2D eigenvalue weighted by Crippen LogP contribution is 2.14. The van der Waals surface area contributed by atoms with Crippen molar-refractivity contribution >= 4 is 23.4 Å². The van der Waals surface area contributed by atoms with Crippen LogP contribution in [0.3, 0.4) is 0 Å². The highest BCUT2D eigenvalue weighted by atomic mass is 16.6. The smallest absolute Gasteiger partial charge is 0.271 e. The summed E-state index contributed by atoms with van der Waals surface area (Å²) >= 11 is 0. The molecule has 7 nitrogen and oxygen atoms in total. The van der Waals surface area contributed by atoms with Gasteiger partial charge in [-0.25, -0.2) is 5.43 Å². The van der Waals surface area contributed by atoms with Crippen molar-refractivity contribution in [3.05, 3.63) is 112 Å². The Hall–Kier alpha value is -4.26. The number of hydrogen-bond acceptors (Lipinski definition) is 5. The number of carbonyl (C=O) groups is 1. The van der Waals surface area contributed by atoms with Crippen LogP contribution < -0.4 is 10.2 Å². The minimum Gasteiger partial charge on any atom is -0.497 e. The molecule has 0 fully saturated rings. The summed E-state index contributed by atoms with van der Waals surface area (Å²) in [4.78, 5) is 22.7. The van der Waals surface area contributed by atoms with Crippen molar-refractivity contribution in [1.29, 1.82) is 0 Å². The molecule has 0 spiro atoms. The number of hydrazone groups is 1. The predicted molar refractivity (Wildman–Crippen MR) is 116 cm³/mol. The molecule has 30 heavy (non-hydrogen) atoms. The van der Waals surface area contributed by atoms with Crippen molar-refractivity contribution in [2.45, 2.75) is 0 Å². The fourth-order valence-corrected chi connectivity index (χ4v) is 2.61. The Morgan fingerprint density at radius 3 is 2.23 bits per heavy atom. The summed E-state index contributed by atoms with van der Waals surface area (Å²) in [6.07, 6.45) is 3.51. The highest BCUT2D eigenvalue weighted by molar-refractivity contribution is 6.11. The summed E-state index contributed by atoms with van der Waals surface area (Å²) in [6.45, 7) is 0. The maximum absolute atomic E-state index is 12.4. The Labute approximate surface area is 173 Å². The van der Waals surface area contributed by atoms with Crippen molar-refractivity contribution in [3.8, 4) is 5.75 Å². The van der Waals surface area contributed by atoms with Gasteiger partial charge in [-0.2, -0.15) is 5.10 Å². The second kappa shape index (κ2) is 9.79. The van der Waals surface area contributed by atoms with Gasteiger partial charge in [0.2, 0.25) is 0 Å². The number of methoxy groups -OCH3 is 1. The van der Waals surface area contributed by atoms with Gasteiger partial charge in [0.25, 0.3) is 11.6 Å². The van der Waals surface area contributed by atoms with Crippen LogP contribution >= 0.6 is 0 Å². The number of rotatable bonds is 7. The molecule has 0 atom stereocenters. The van der Waals surface area contributed by atoms with Gasteiger partial charge < -0.3 is 4.74 Å². The molecule has 0 aromatic heterocycles. The molecule has 150 valence electrons. The van der Waals surface area contributed by atoms with E-state index in [-0.39, 0.29) is 11.6 Å². The predicted octanol–water partition coefficient (Wildman–Crippen LogP) is 4.45. The molecule has 0 saturated carbocycles. The molecule has 0 radical (unpaired) electrons. The minimum absolute atomic E-state index is 0.0239. The molecule has 0 aliphatic carbocycles. The van der Waals surface area contributed by atoms with E-state index in [0.29, 0.717) is 17.0 Å². The van der Waals surface area contributed by atoms with Crippen molar-refractivity contribution in [3.63, 3.8) is 0 Å². The molecule has 0 aliphatic rings. The van der Waals surface area contributed by atoms with Crippen LogP contribution in [0, 0.1) is 10.1 Å². The van der Waals surface area contributed by atoms with E-state index in [1.165, 1.54) is 12.1 Å². The lowest BCUT2D eigenvalue weighted by atomic mass is 10.1. The standard InChI is InChI=1S/C23H19N3O4/c1-30-21-14-10-19(11-15-21)23(27)25-24-22(18-5-3-2-4-6-18)16-9-17-7-12-20(13-8-17)26(28)29/h2-16H,1H3,(H,25,27)/b16-9+,24-22-. The number of amides is 1. The fourth-order valence-electron chi connectivity index (χ4n) is 2.61. The number of benzene rings is 3. The van der Waals surface area contributed by atoms with Crippen LogP contribution in [-0.4, -0.2) is 23.7 Å². The van der Waals surface area contributed by atoms with Crippen molar-refractivity contribution in [2.24, 2.45) is 5.10 Å². The number of non-ortho nitro benzene ring substituents is 1. The van der Waals surface area contributed by atoms with E-state index >= 15 is 0 Å². The van der Waals surface area contributed by atoms with Crippen LogP contribution in [0.2, 0.25) is 0 Å². The van der Waals surface area contributed by atoms with Crippen molar-refractivity contribution < 1.29 is 14.5 Å². The third-order valence-electron chi connectivity index (χ3n) is 4.24. The third-order valence-corrected chi connectivity index (χ3v) is 4.24. The van der Waals surface area contributed by atoms with E-state index in [1.807, 2.05) is 30.3 Å². The van der Waals surface area contributed by atoms with Crippen LogP contribution in [-0.2, 0) is 0 Å². The highest BCUT2D eigenvalue weighted by Gasteiger charge is 2.07. The van der Waals surface area contributed by atoms with Crippen LogP contribution in [0.5, 0.6) is 5.75 Å². The summed E-state index contributed by atoms with van der Waals surface area (Å²) in [5.41, 5.74) is 5.15. The third kappa shape index (κ3) is 5.39. The Morgan fingerprint density at radius 2 is 1.63 bits per heavy atom. The summed E-state index contributed by atoms with van der Waals surface area (Å²) < 4.78 is 5.09. The average molecular weight is 401 g/mol. The quantitative estimate of drug-likeness (QED) is 0.359. The minimum atomic E-state index is -0.445. The van der Waals surface area contributed by atoms with E-state index in [0.717, 1.165) is 11.1 Å². The molecule has 0 unspecified atom stereocenters. The molecular formula is C23H19N3O4. The Morgan fingerprint density at radius 1 is 0.967 bits per heavy atom. The number of nitrogens with one attached hydrogen (secondary N) is 1. The summed E-state index contributed by atoms with van der Waals surface area (Å²) in [7, 11) is 1.56. The summed E-state index contributed by atoms with van der Waals surface area (Å²) in [5.74, 6) is 0.306. The van der Waals surface area contributed by atoms with E-state index in [1.54, 1.807) is 55.7 Å². The maximum atomic E-state index is 12.4. The molecule has 0 heterocycles. The van der Waals surface area contributed by atoms with Gasteiger partial charge in [-0.05, 0) is 48.0 Å². The Kier molecular flexibility index (Phi) is 6.68. The SMILES string of the molecule is COc1ccc(C(=O)N/N=C(/C=C/c2ccc([N+](=O)[O-])cc2)c2ccccc2)cc1. The monoisotopic (exact) mass is 401 g/mol. The zero-order valence-corrected chi connectivity index (χ0v) is 16.2. The van der Waals surface area contributed by atoms with Gasteiger partial charge in [-0.3, -0.25) is 14.9 Å². The lowest BCUT2D eigenvalue weighted by Gasteiger charge is -2.05. The van der Waals surface area contributed by atoms with Crippen molar-refractivity contribution in [1.82, 2.24) is 5.43 Å². The largest absolute Gasteiger partial charge is 0.497 e. The van der Waals surface area contributed by atoms with E-state index < -0.39 is 4.92 Å². The van der Waals surface area contributed by atoms with Gasteiger partial charge >= 0.3 is 0 Å². The molecule has 1 N–H and O–H groups in total. The Balaban J connectivity index is 1.81. The number of nitro groups is 1. The number of ether oxygens (including phenoxy) is 1. The average Bonchev–Trinajstić information content (AvgIpc) is 2.80. The van der Waals surface area contributed by atoms with E-state index in [2.05, 4.69) is 10.5 Å². The fraction of sp³-hybridized carbons (Fsp3) is 0.0435. The van der Waals surface area contributed by atoms with Crippen LogP contribution in [0.25, 0.3) is 6.08 Å². The lowest BCUT2D eigenvalue weighted by Crippen LogP contribution is -2.19. The van der Waals surface area contributed by atoms with E-state index in [9.17, 15) is 14.9 Å². The van der Waals surface area contributed by atoms with Gasteiger partial charge in [-0.15, -0.1) is 0 Å². The second-order valence-electron chi connectivity index (χ2n) is 6.21. The molecule has 0 saturated heterocycles. The van der Waals surface area contributed by atoms with Crippen LogP contribution in [0.1, 0.15) is 21.5 Å². The molecule has 0 aliphatic heterocycles. The zero-order chi connectivity index (χ0) is 21.3. The Bertz CT molecular complexity index is 1070. The second-order valence-corrected chi connectivity index (χ2v) is 6.21.